The largest absolute Gasteiger partial charge is 0.455 e. The van der Waals surface area contributed by atoms with Gasteiger partial charge in [0.15, 0.2) is 0 Å². The number of hydrogen-bond acceptors (Lipinski definition) is 4. The van der Waals surface area contributed by atoms with Crippen molar-refractivity contribution >= 4 is 49.1 Å². The Bertz CT molecular complexity index is 1980. The number of fused-ring (bicyclic) bond motifs is 2. The lowest BCUT2D eigenvalue weighted by atomic mass is 9.95. The second kappa shape index (κ2) is 10.1. The summed E-state index contributed by atoms with van der Waals surface area (Å²) >= 11 is 0. The van der Waals surface area contributed by atoms with E-state index in [4.69, 9.17) is 4.42 Å². The number of nitrogens with one attached hydrogen (secondary N) is 2. The number of anilines is 1. The number of allylic oxidation sites excluding steroid dienone is 4. The third kappa shape index (κ3) is 4.82. The number of aromatic nitrogens is 1. The van der Waals surface area contributed by atoms with Gasteiger partial charge in [0.05, 0.1) is 17.5 Å². The molecule has 6 rings (SSSR count). The lowest BCUT2D eigenvalue weighted by Crippen LogP contribution is -2.25. The van der Waals surface area contributed by atoms with Crippen LogP contribution < -0.4 is 9.62 Å². The minimum absolute atomic E-state index is 0.212. The molecule has 2 N–H and O–H groups in total. The van der Waals surface area contributed by atoms with E-state index in [0.717, 1.165) is 34.0 Å². The molecule has 2 aromatic heterocycles. The number of H-pyrrole nitrogens is 1. The SMILES string of the molecule is CNC(=O)c1c(C2=CC=C(F)CC2)oc2cc(N(C)S(C)(=O)=O)c(-c3cccc(-c4cc5ccccc5[nH]4)c3)cc12. The van der Waals surface area contributed by atoms with Crippen molar-refractivity contribution in [2.75, 3.05) is 24.7 Å². The van der Waals surface area contributed by atoms with E-state index >= 15 is 0 Å². The molecule has 0 saturated heterocycles. The Balaban J connectivity index is 1.59. The first-order valence-electron chi connectivity index (χ1n) is 13.1. The summed E-state index contributed by atoms with van der Waals surface area (Å²) in [5, 5.41) is 4.30. The summed E-state index contributed by atoms with van der Waals surface area (Å²) in [5.74, 6) is -0.239. The first-order chi connectivity index (χ1) is 19.6. The number of halogens is 1. The van der Waals surface area contributed by atoms with Crippen LogP contribution in [-0.4, -0.2) is 39.7 Å². The molecule has 1 aliphatic carbocycles. The molecule has 2 heterocycles. The Hall–Kier alpha value is -4.63. The van der Waals surface area contributed by atoms with Gasteiger partial charge in [-0.05, 0) is 53.5 Å². The maximum atomic E-state index is 13.8. The highest BCUT2D eigenvalue weighted by Crippen LogP contribution is 2.42. The minimum Gasteiger partial charge on any atom is -0.455 e. The zero-order chi connectivity index (χ0) is 28.9. The number of carbonyl (C=O) groups excluding carboxylic acids is 1. The minimum atomic E-state index is -3.64. The molecule has 1 aliphatic rings. The van der Waals surface area contributed by atoms with Gasteiger partial charge in [0.1, 0.15) is 17.2 Å². The van der Waals surface area contributed by atoms with Crippen molar-refractivity contribution in [3.05, 3.63) is 96.0 Å². The predicted molar refractivity (Wildman–Crippen MR) is 162 cm³/mol. The van der Waals surface area contributed by atoms with Crippen LogP contribution in [0, 0.1) is 0 Å². The molecule has 0 spiro atoms. The van der Waals surface area contributed by atoms with Crippen LogP contribution in [0.15, 0.2) is 89.1 Å². The number of amides is 1. The number of benzene rings is 3. The van der Waals surface area contributed by atoms with Crippen LogP contribution in [0.2, 0.25) is 0 Å². The maximum absolute atomic E-state index is 13.8. The molecule has 1 amide bonds. The Kier molecular flexibility index (Phi) is 6.54. The molecule has 7 nitrogen and oxygen atoms in total. The number of rotatable bonds is 6. The summed E-state index contributed by atoms with van der Waals surface area (Å²) in [7, 11) is -0.614. The van der Waals surface area contributed by atoms with Crippen molar-refractivity contribution < 1.29 is 22.0 Å². The zero-order valence-corrected chi connectivity index (χ0v) is 23.6. The van der Waals surface area contributed by atoms with Gasteiger partial charge >= 0.3 is 0 Å². The summed E-state index contributed by atoms with van der Waals surface area (Å²) in [6.07, 6.45) is 4.73. The molecule has 5 aromatic rings. The van der Waals surface area contributed by atoms with Crippen LogP contribution in [0.3, 0.4) is 0 Å². The fourth-order valence-corrected chi connectivity index (χ4v) is 5.77. The quantitative estimate of drug-likeness (QED) is 0.229. The van der Waals surface area contributed by atoms with E-state index in [-0.39, 0.29) is 18.2 Å². The van der Waals surface area contributed by atoms with Crippen molar-refractivity contribution in [1.29, 1.82) is 0 Å². The van der Waals surface area contributed by atoms with Gasteiger partial charge in [-0.15, -0.1) is 0 Å². The summed E-state index contributed by atoms with van der Waals surface area (Å²) in [4.78, 5) is 16.6. The third-order valence-electron chi connectivity index (χ3n) is 7.50. The molecule has 0 radical (unpaired) electrons. The van der Waals surface area contributed by atoms with E-state index in [1.54, 1.807) is 18.2 Å². The monoisotopic (exact) mass is 569 g/mol. The fourth-order valence-electron chi connectivity index (χ4n) is 5.26. The third-order valence-corrected chi connectivity index (χ3v) is 8.69. The van der Waals surface area contributed by atoms with Crippen LogP contribution in [0.5, 0.6) is 0 Å². The standard InChI is InChI=1S/C32H28FN3O4S/c1-34-32(37)30-25-17-24(20-8-6-9-21(15-20)27-16-22-7-4-5-10-26(22)35-27)28(36(2)41(3,38)39)18-29(25)40-31(30)19-11-13-23(33)14-12-19/h4-11,13,15-18,35H,12,14H2,1-3H3,(H,34,37). The number of carbonyl (C=O) groups is 1. The summed E-state index contributed by atoms with van der Waals surface area (Å²) in [6, 6.07) is 21.3. The summed E-state index contributed by atoms with van der Waals surface area (Å²) in [6.45, 7) is 0. The highest BCUT2D eigenvalue weighted by Gasteiger charge is 2.27. The number of sulfonamides is 1. The van der Waals surface area contributed by atoms with Gasteiger partial charge in [-0.25, -0.2) is 12.8 Å². The summed E-state index contributed by atoms with van der Waals surface area (Å²) < 4.78 is 46.6. The average Bonchev–Trinajstić information content (AvgIpc) is 3.57. The van der Waals surface area contributed by atoms with Gasteiger partial charge in [0.25, 0.3) is 5.91 Å². The lowest BCUT2D eigenvalue weighted by Gasteiger charge is -2.21. The van der Waals surface area contributed by atoms with Crippen LogP contribution >= 0.6 is 0 Å². The molecule has 9 heteroatoms. The van der Waals surface area contributed by atoms with Crippen LogP contribution in [0.25, 0.3) is 49.8 Å². The lowest BCUT2D eigenvalue weighted by molar-refractivity contribution is 0.0963. The van der Waals surface area contributed by atoms with E-state index in [2.05, 4.69) is 16.4 Å². The van der Waals surface area contributed by atoms with Gasteiger partial charge in [-0.3, -0.25) is 9.10 Å². The number of aromatic amines is 1. The van der Waals surface area contributed by atoms with E-state index in [1.807, 2.05) is 48.5 Å². The molecule has 0 fully saturated rings. The van der Waals surface area contributed by atoms with Crippen LogP contribution in [-0.2, 0) is 10.0 Å². The highest BCUT2D eigenvalue weighted by atomic mass is 32.2. The fraction of sp³-hybridized carbons (Fsp3) is 0.156. The topological polar surface area (TPSA) is 95.4 Å². The highest BCUT2D eigenvalue weighted by molar-refractivity contribution is 7.92. The normalized spacial score (nSPS) is 13.8. The number of nitrogens with zero attached hydrogens (tertiary/aromatic N) is 1. The van der Waals surface area contributed by atoms with Crippen molar-refractivity contribution in [3.63, 3.8) is 0 Å². The molecule has 208 valence electrons. The number of hydrogen-bond donors (Lipinski definition) is 2. The molecule has 0 aliphatic heterocycles. The first-order valence-corrected chi connectivity index (χ1v) is 15.0. The maximum Gasteiger partial charge on any atom is 0.255 e. The summed E-state index contributed by atoms with van der Waals surface area (Å²) in [5.41, 5.74) is 6.02. The van der Waals surface area contributed by atoms with Crippen molar-refractivity contribution in [2.45, 2.75) is 12.8 Å². The van der Waals surface area contributed by atoms with E-state index in [1.165, 1.54) is 24.5 Å². The van der Waals surface area contributed by atoms with E-state index < -0.39 is 10.0 Å². The predicted octanol–water partition coefficient (Wildman–Crippen LogP) is 7.03. The molecule has 0 atom stereocenters. The number of furan rings is 1. The van der Waals surface area contributed by atoms with Gasteiger partial charge in [0, 0.05) is 54.1 Å². The Labute approximate surface area is 237 Å². The molecule has 0 bridgehead atoms. The van der Waals surface area contributed by atoms with Crippen molar-refractivity contribution in [2.24, 2.45) is 0 Å². The second-order valence-corrected chi connectivity index (χ2v) is 12.2. The zero-order valence-electron chi connectivity index (χ0n) is 22.8. The molecular weight excluding hydrogens is 541 g/mol. The van der Waals surface area contributed by atoms with Gasteiger partial charge in [-0.1, -0.05) is 42.5 Å². The van der Waals surface area contributed by atoms with Crippen LogP contribution in [0.4, 0.5) is 10.1 Å². The molecule has 0 saturated carbocycles. The molecule has 0 unspecified atom stereocenters. The van der Waals surface area contributed by atoms with Crippen molar-refractivity contribution in [3.8, 4) is 22.4 Å². The van der Waals surface area contributed by atoms with Gasteiger partial charge < -0.3 is 14.7 Å². The smallest absolute Gasteiger partial charge is 0.255 e. The van der Waals surface area contributed by atoms with Gasteiger partial charge in [0.2, 0.25) is 10.0 Å². The van der Waals surface area contributed by atoms with E-state index in [0.29, 0.717) is 45.5 Å². The second-order valence-electron chi connectivity index (χ2n) is 10.1. The molecule has 3 aromatic carbocycles. The van der Waals surface area contributed by atoms with Crippen LogP contribution in [0.1, 0.15) is 29.0 Å². The Morgan fingerprint density at radius 1 is 1.00 bits per heavy atom. The van der Waals surface area contributed by atoms with E-state index in [9.17, 15) is 17.6 Å². The Morgan fingerprint density at radius 2 is 1.78 bits per heavy atom. The first kappa shape index (κ1) is 26.6. The number of para-hydroxylation sites is 1. The average molecular weight is 570 g/mol. The van der Waals surface area contributed by atoms with Gasteiger partial charge in [-0.2, -0.15) is 0 Å². The molecule has 41 heavy (non-hydrogen) atoms. The molecular formula is C32H28FN3O4S. The Morgan fingerprint density at radius 3 is 2.49 bits per heavy atom. The van der Waals surface area contributed by atoms with Crippen molar-refractivity contribution in [1.82, 2.24) is 10.3 Å².